The molecule has 0 aliphatic carbocycles. The number of carboxylic acid groups (broad SMARTS) is 12. The minimum Gasteiger partial charge on any atom is -1.00 e. The maximum Gasteiger partial charge on any atom is 3.00 e. The standard InChI is InChI=1S/3C2H8N2.12C2H4O2.4Fe.4Na.3H2O.4H/c3*3-1-2-4;12*1-2(3)4;;;;;;;;;;;;;;;/h3*1-4H2;12*1H3,(H,3,4);;;;;;;;;3*1H2;;;;/q;;;;;;;;;;;;;;;4*+3;4*+1;;;;4*-1/p-12. The fourth-order valence-electron chi connectivity index (χ4n) is 0. The molecule has 18 N–H and O–H groups in total. The number of rotatable bonds is 3. The van der Waals surface area contributed by atoms with Crippen molar-refractivity contribution in [2.45, 2.75) is 83.1 Å². The van der Waals surface area contributed by atoms with Gasteiger partial charge in [-0.2, -0.15) is 0 Å². The third-order valence-electron chi connectivity index (χ3n) is 0.500. The molecule has 0 heterocycles. The summed E-state index contributed by atoms with van der Waals surface area (Å²) >= 11 is 0. The van der Waals surface area contributed by atoms with E-state index in [4.69, 9.17) is 153 Å². The monoisotopic (exact) mass is 1260 g/mol. The van der Waals surface area contributed by atoms with Crippen molar-refractivity contribution in [2.75, 3.05) is 39.3 Å². The molecule has 0 amide bonds. The Kier molecular flexibility index (Phi) is 459. The van der Waals surface area contributed by atoms with Crippen LogP contribution in [0.1, 0.15) is 88.8 Å². The van der Waals surface area contributed by atoms with E-state index in [0.717, 1.165) is 83.1 Å². The van der Waals surface area contributed by atoms with Gasteiger partial charge in [0.25, 0.3) is 0 Å². The molecule has 0 atom stereocenters. The van der Waals surface area contributed by atoms with Gasteiger partial charge in [0.05, 0.1) is 0 Å². The smallest absolute Gasteiger partial charge is 1.00 e. The molecule has 0 aromatic heterocycles. The van der Waals surface area contributed by atoms with Crippen molar-refractivity contribution >= 4 is 71.6 Å². The van der Waals surface area contributed by atoms with Gasteiger partial charge in [0, 0.05) is 111 Å². The molecule has 0 fully saturated rings. The predicted molar refractivity (Wildman–Crippen MR) is 198 cm³/mol. The molecule has 0 bridgehead atoms. The van der Waals surface area contributed by atoms with Crippen molar-refractivity contribution < 1.29 is 327 Å². The molecule has 0 saturated heterocycles. The van der Waals surface area contributed by atoms with E-state index in [0.29, 0.717) is 39.3 Å². The van der Waals surface area contributed by atoms with Crippen LogP contribution in [0, 0.1) is 0 Å². The van der Waals surface area contributed by atoms with Crippen LogP contribution in [0.5, 0.6) is 0 Å². The first-order valence-electron chi connectivity index (χ1n) is 14.8. The van der Waals surface area contributed by atoms with Crippen molar-refractivity contribution in [2.24, 2.45) is 34.4 Å². The van der Waals surface area contributed by atoms with Crippen LogP contribution >= 0.6 is 0 Å². The molecule has 41 heteroatoms. The van der Waals surface area contributed by atoms with E-state index < -0.39 is 71.6 Å². The summed E-state index contributed by atoms with van der Waals surface area (Å²) in [6, 6.07) is 0. The van der Waals surface area contributed by atoms with Crippen molar-refractivity contribution in [3.63, 3.8) is 0 Å². The Balaban J connectivity index is -0.0000000102. The number of hydrogen-bond donors (Lipinski definition) is 6. The summed E-state index contributed by atoms with van der Waals surface area (Å²) < 4.78 is 0. The maximum atomic E-state index is 8.89. The average molecular weight is 1260 g/mol. The van der Waals surface area contributed by atoms with Crippen LogP contribution in [0.25, 0.3) is 0 Å². The van der Waals surface area contributed by atoms with E-state index >= 15 is 0 Å². The van der Waals surface area contributed by atoms with Crippen molar-refractivity contribution in [1.82, 2.24) is 0 Å². The van der Waals surface area contributed by atoms with Gasteiger partial charge in [-0.1, -0.05) is 0 Å². The number of aliphatic carboxylic acids is 12. The number of carbonyl (C=O) groups excluding carboxylic acids is 12. The third-order valence-corrected chi connectivity index (χ3v) is 0.500. The first-order chi connectivity index (χ1) is 26.5. The summed E-state index contributed by atoms with van der Waals surface area (Å²) in [6.07, 6.45) is 0. The zero-order valence-corrected chi connectivity index (χ0v) is 54.8. The first-order valence-corrected chi connectivity index (χ1v) is 14.8. The summed E-state index contributed by atoms with van der Waals surface area (Å²) in [6.45, 7) is 15.2. The van der Waals surface area contributed by atoms with Crippen LogP contribution in [-0.2, 0) is 126 Å². The largest absolute Gasteiger partial charge is 3.00 e. The molecular weight excluding hydrogens is 1190 g/mol. The Hall–Kier alpha value is -0.642. The van der Waals surface area contributed by atoms with Gasteiger partial charge in [-0.05, 0) is 83.1 Å². The molecule has 0 aliphatic heterocycles. The first kappa shape index (κ1) is 172. The van der Waals surface area contributed by atoms with Gasteiger partial charge >= 0.3 is 187 Å². The summed E-state index contributed by atoms with van der Waals surface area (Å²) in [5.74, 6) is -13.0. The van der Waals surface area contributed by atoms with Crippen molar-refractivity contribution in [3.05, 3.63) is 0 Å². The zero-order chi connectivity index (χ0) is 53.2. The molecular formula is C30H70Fe4N6Na4O27. The topological polar surface area (TPSA) is 732 Å². The fraction of sp³-hybridized carbons (Fsp3) is 0.600. The Morgan fingerprint density at radius 2 is 0.239 bits per heavy atom. The molecule has 33 nitrogen and oxygen atoms in total. The number of carboxylic acids is 12. The second-order valence-electron chi connectivity index (χ2n) is 7.63. The minimum absolute atomic E-state index is 0. The molecule has 0 aliphatic rings. The number of carbonyl (C=O) groups is 12. The van der Waals surface area contributed by atoms with Crippen LogP contribution in [-0.4, -0.2) is 127 Å². The van der Waals surface area contributed by atoms with Gasteiger partial charge in [0.15, 0.2) is 0 Å². The van der Waals surface area contributed by atoms with E-state index in [2.05, 4.69) is 0 Å². The Morgan fingerprint density at radius 3 is 0.239 bits per heavy atom. The zero-order valence-electron chi connectivity index (χ0n) is 46.4. The molecule has 4 radical (unpaired) electrons. The fourth-order valence-corrected chi connectivity index (χ4v) is 0. The molecule has 0 unspecified atom stereocenters. The normalized spacial score (nSPS) is 5.49. The maximum absolute atomic E-state index is 8.89. The molecule has 0 spiro atoms. The molecule has 71 heavy (non-hydrogen) atoms. The summed E-state index contributed by atoms with van der Waals surface area (Å²) in [4.78, 5) is 107. The van der Waals surface area contributed by atoms with Gasteiger partial charge in [-0.3, -0.25) is 0 Å². The summed E-state index contributed by atoms with van der Waals surface area (Å²) in [7, 11) is 0. The van der Waals surface area contributed by atoms with E-state index in [-0.39, 0.29) is 209 Å². The second kappa shape index (κ2) is 189. The van der Waals surface area contributed by atoms with Crippen LogP contribution in [0.3, 0.4) is 0 Å². The minimum atomic E-state index is -1.08. The average Bonchev–Trinajstić information content (AvgIpc) is 2.94. The van der Waals surface area contributed by atoms with Gasteiger partial charge in [-0.15, -0.1) is 0 Å². The van der Waals surface area contributed by atoms with Crippen LogP contribution in [0.2, 0.25) is 0 Å². The third kappa shape index (κ3) is 56600. The van der Waals surface area contributed by atoms with Crippen LogP contribution < -0.4 is 214 Å². The molecule has 0 rings (SSSR count). The Bertz CT molecular complexity index is 763. The molecule has 0 aromatic carbocycles. The van der Waals surface area contributed by atoms with E-state index in [1.54, 1.807) is 0 Å². The molecule has 0 aromatic rings. The van der Waals surface area contributed by atoms with Crippen LogP contribution in [0.15, 0.2) is 0 Å². The van der Waals surface area contributed by atoms with Gasteiger partial charge < -0.3 is 175 Å². The van der Waals surface area contributed by atoms with Crippen molar-refractivity contribution in [1.29, 1.82) is 0 Å². The molecule has 418 valence electrons. The quantitative estimate of drug-likeness (QED) is 0.143. The van der Waals surface area contributed by atoms with Crippen LogP contribution in [0.4, 0.5) is 0 Å². The second-order valence-corrected chi connectivity index (χ2v) is 7.63. The Labute approximate surface area is 549 Å². The van der Waals surface area contributed by atoms with Gasteiger partial charge in [0.1, 0.15) is 0 Å². The number of hydrogen-bond acceptors (Lipinski definition) is 30. The van der Waals surface area contributed by atoms with E-state index in [9.17, 15) is 0 Å². The van der Waals surface area contributed by atoms with Crippen molar-refractivity contribution in [3.8, 4) is 0 Å². The number of nitrogens with two attached hydrogens (primary N) is 6. The van der Waals surface area contributed by atoms with Gasteiger partial charge in [-0.25, -0.2) is 0 Å². The summed E-state index contributed by atoms with van der Waals surface area (Å²) in [5.41, 5.74) is 29.4. The van der Waals surface area contributed by atoms with E-state index in [1.807, 2.05) is 0 Å². The summed E-state index contributed by atoms with van der Waals surface area (Å²) in [5, 5.41) is 107. The van der Waals surface area contributed by atoms with Gasteiger partial charge in [0.2, 0.25) is 0 Å². The Morgan fingerprint density at radius 1 is 0.225 bits per heavy atom. The predicted octanol–water partition coefficient (Wildman–Crippen LogP) is -32.2. The SMILES string of the molecule is CC(=O)[O-].CC(=O)[O-].CC(=O)[O-].CC(=O)[O-].CC(=O)[O-].CC(=O)[O-].CC(=O)[O-].CC(=O)[O-].CC(=O)[O-].CC(=O)[O-].CC(=O)[O-].CC(=O)[O-].NCCN.NCCN.NCCN.O.O.O.[Fe+3].[Fe+3].[Fe+3].[Fe+3].[H-].[H-].[H-].[H-].[Na+].[Na+].[Na+].[Na+]. The molecule has 0 saturated carbocycles. The van der Waals surface area contributed by atoms with E-state index in [1.165, 1.54) is 0 Å².